The van der Waals surface area contributed by atoms with Crippen molar-refractivity contribution in [1.29, 1.82) is 0 Å². The van der Waals surface area contributed by atoms with Crippen LogP contribution in [0.3, 0.4) is 0 Å². The Morgan fingerprint density at radius 2 is 1.80 bits per heavy atom. The number of amides is 3. The minimum absolute atomic E-state index is 0.249. The molecule has 0 bridgehead atoms. The van der Waals surface area contributed by atoms with Crippen LogP contribution in [0.25, 0.3) is 0 Å². The third-order valence-corrected chi connectivity index (χ3v) is 4.91. The number of urea groups is 1. The number of rotatable bonds is 6. The Kier molecular flexibility index (Phi) is 5.47. The zero-order valence-electron chi connectivity index (χ0n) is 16.4. The summed E-state index contributed by atoms with van der Waals surface area (Å²) >= 11 is 0. The van der Waals surface area contributed by atoms with Gasteiger partial charge in [-0.2, -0.15) is 0 Å². The number of benzene rings is 2. The van der Waals surface area contributed by atoms with Crippen molar-refractivity contribution in [3.05, 3.63) is 83.7 Å². The molecule has 1 unspecified atom stereocenters. The minimum Gasteiger partial charge on any atom is -0.338 e. The van der Waals surface area contributed by atoms with E-state index in [1.165, 1.54) is 12.1 Å². The van der Waals surface area contributed by atoms with Crippen molar-refractivity contribution in [2.24, 2.45) is 7.05 Å². The van der Waals surface area contributed by atoms with E-state index in [2.05, 4.69) is 20.9 Å². The summed E-state index contributed by atoms with van der Waals surface area (Å²) in [6.07, 6.45) is 5.45. The number of aromatic nitrogens is 2. The van der Waals surface area contributed by atoms with Crippen molar-refractivity contribution < 1.29 is 14.0 Å². The molecule has 0 radical (unpaired) electrons. The fraction of sp³-hybridized carbons (Fsp3) is 0.227. The molecule has 30 heavy (non-hydrogen) atoms. The first-order valence-electron chi connectivity index (χ1n) is 9.71. The van der Waals surface area contributed by atoms with E-state index in [4.69, 9.17) is 0 Å². The van der Waals surface area contributed by atoms with Crippen molar-refractivity contribution in [2.75, 3.05) is 5.32 Å². The fourth-order valence-corrected chi connectivity index (χ4v) is 3.11. The van der Waals surface area contributed by atoms with Gasteiger partial charge in [-0.05, 0) is 54.8 Å². The van der Waals surface area contributed by atoms with Crippen LogP contribution < -0.4 is 16.0 Å². The van der Waals surface area contributed by atoms with Gasteiger partial charge in [-0.1, -0.05) is 12.1 Å². The summed E-state index contributed by atoms with van der Waals surface area (Å²) in [4.78, 5) is 29.0. The summed E-state index contributed by atoms with van der Waals surface area (Å²) in [7, 11) is 1.83. The van der Waals surface area contributed by atoms with Crippen LogP contribution in [0, 0.1) is 5.82 Å². The van der Waals surface area contributed by atoms with E-state index in [9.17, 15) is 14.0 Å². The van der Waals surface area contributed by atoms with Crippen LogP contribution in [-0.2, 0) is 7.05 Å². The maximum Gasteiger partial charge on any atom is 0.319 e. The van der Waals surface area contributed by atoms with Gasteiger partial charge in [0, 0.05) is 36.7 Å². The molecule has 3 amide bonds. The van der Waals surface area contributed by atoms with Crippen molar-refractivity contribution in [3.63, 3.8) is 0 Å². The molecule has 1 fully saturated rings. The molecule has 154 valence electrons. The number of nitrogens with zero attached hydrogens (tertiary/aromatic N) is 2. The third kappa shape index (κ3) is 4.65. The summed E-state index contributed by atoms with van der Waals surface area (Å²) in [5.74, 6) is -0.0243. The summed E-state index contributed by atoms with van der Waals surface area (Å²) < 4.78 is 15.2. The van der Waals surface area contributed by atoms with E-state index < -0.39 is 6.04 Å². The number of aryl methyl sites for hydroxylation is 1. The zero-order valence-corrected chi connectivity index (χ0v) is 16.4. The summed E-state index contributed by atoms with van der Waals surface area (Å²) in [6, 6.07) is 12.1. The first kappa shape index (κ1) is 19.6. The van der Waals surface area contributed by atoms with Crippen molar-refractivity contribution in [1.82, 2.24) is 20.2 Å². The molecule has 1 aliphatic rings. The average molecular weight is 407 g/mol. The summed E-state index contributed by atoms with van der Waals surface area (Å²) in [6.45, 7) is 0. The molecule has 1 heterocycles. The van der Waals surface area contributed by atoms with Crippen molar-refractivity contribution in [3.8, 4) is 0 Å². The molecule has 1 aromatic heterocycles. The Balaban J connectivity index is 1.48. The molecular weight excluding hydrogens is 385 g/mol. The van der Waals surface area contributed by atoms with Crippen LogP contribution in [0.1, 0.15) is 40.6 Å². The van der Waals surface area contributed by atoms with Crippen LogP contribution in [0.4, 0.5) is 14.9 Å². The zero-order chi connectivity index (χ0) is 21.1. The summed E-state index contributed by atoms with van der Waals surface area (Å²) in [5.41, 5.74) is 1.75. The predicted octanol–water partition coefficient (Wildman–Crippen LogP) is 3.36. The molecule has 1 saturated carbocycles. The van der Waals surface area contributed by atoms with Gasteiger partial charge in [0.2, 0.25) is 0 Å². The number of anilines is 1. The molecule has 1 aliphatic carbocycles. The predicted molar refractivity (Wildman–Crippen MR) is 111 cm³/mol. The monoisotopic (exact) mass is 407 g/mol. The van der Waals surface area contributed by atoms with Gasteiger partial charge in [0.1, 0.15) is 17.7 Å². The molecule has 2 aromatic carbocycles. The lowest BCUT2D eigenvalue weighted by Crippen LogP contribution is -2.31. The highest BCUT2D eigenvalue weighted by atomic mass is 19.1. The van der Waals surface area contributed by atoms with Gasteiger partial charge in [-0.3, -0.25) is 4.79 Å². The minimum atomic E-state index is -0.541. The molecule has 0 aliphatic heterocycles. The highest BCUT2D eigenvalue weighted by Gasteiger charge is 2.23. The van der Waals surface area contributed by atoms with Crippen LogP contribution >= 0.6 is 0 Å². The van der Waals surface area contributed by atoms with Crippen LogP contribution in [0.2, 0.25) is 0 Å². The van der Waals surface area contributed by atoms with E-state index in [1.54, 1.807) is 53.4 Å². The van der Waals surface area contributed by atoms with Crippen molar-refractivity contribution >= 4 is 17.6 Å². The van der Waals surface area contributed by atoms with Crippen molar-refractivity contribution in [2.45, 2.75) is 24.9 Å². The maximum atomic E-state index is 13.4. The second-order valence-electron chi connectivity index (χ2n) is 7.30. The summed E-state index contributed by atoms with van der Waals surface area (Å²) in [5, 5.41) is 8.56. The molecule has 0 spiro atoms. The Morgan fingerprint density at radius 1 is 1.10 bits per heavy atom. The second kappa shape index (κ2) is 8.36. The molecule has 7 nitrogen and oxygen atoms in total. The van der Waals surface area contributed by atoms with Gasteiger partial charge in [0.25, 0.3) is 5.91 Å². The first-order valence-corrected chi connectivity index (χ1v) is 9.71. The van der Waals surface area contributed by atoms with Gasteiger partial charge >= 0.3 is 6.03 Å². The number of hydrogen-bond acceptors (Lipinski definition) is 3. The number of imidazole rings is 1. The Morgan fingerprint density at radius 3 is 2.40 bits per heavy atom. The highest BCUT2D eigenvalue weighted by Crippen LogP contribution is 2.22. The quantitative estimate of drug-likeness (QED) is 0.585. The highest BCUT2D eigenvalue weighted by molar-refractivity contribution is 5.96. The van der Waals surface area contributed by atoms with Crippen LogP contribution in [0.5, 0.6) is 0 Å². The standard InChI is InChI=1S/C22H22FN5O2/c1-28-13-12-24-20(28)19(14-2-6-16(23)7-3-14)27-21(29)15-4-8-17(9-5-15)25-22(30)26-18-10-11-18/h2-9,12-13,18-19H,10-11H2,1H3,(H,27,29)(H2,25,26,30). The van der Waals surface area contributed by atoms with Gasteiger partial charge in [0.15, 0.2) is 0 Å². The maximum absolute atomic E-state index is 13.4. The molecule has 1 atom stereocenters. The lowest BCUT2D eigenvalue weighted by Gasteiger charge is -2.19. The Hall–Kier alpha value is -3.68. The topological polar surface area (TPSA) is 88.1 Å². The van der Waals surface area contributed by atoms with E-state index in [0.29, 0.717) is 22.6 Å². The van der Waals surface area contributed by atoms with Crippen LogP contribution in [-0.4, -0.2) is 27.5 Å². The van der Waals surface area contributed by atoms with E-state index >= 15 is 0 Å². The number of carbonyl (C=O) groups excluding carboxylic acids is 2. The smallest absolute Gasteiger partial charge is 0.319 e. The Bertz CT molecular complexity index is 1040. The SMILES string of the molecule is Cn1ccnc1C(NC(=O)c1ccc(NC(=O)NC2CC2)cc1)c1ccc(F)cc1. The number of halogens is 1. The van der Waals surface area contributed by atoms with Gasteiger partial charge in [0.05, 0.1) is 0 Å². The molecule has 4 rings (SSSR count). The van der Waals surface area contributed by atoms with Crippen LogP contribution in [0.15, 0.2) is 60.9 Å². The molecule has 3 aromatic rings. The second-order valence-corrected chi connectivity index (χ2v) is 7.30. The molecular formula is C22H22FN5O2. The molecule has 3 N–H and O–H groups in total. The Labute approximate surface area is 173 Å². The fourth-order valence-electron chi connectivity index (χ4n) is 3.11. The number of carbonyl (C=O) groups is 2. The van der Waals surface area contributed by atoms with E-state index in [1.807, 2.05) is 7.05 Å². The van der Waals surface area contributed by atoms with Gasteiger partial charge in [-0.15, -0.1) is 0 Å². The first-order chi connectivity index (χ1) is 14.5. The largest absolute Gasteiger partial charge is 0.338 e. The number of nitrogens with one attached hydrogen (secondary N) is 3. The number of hydrogen-bond donors (Lipinski definition) is 3. The van der Waals surface area contributed by atoms with Gasteiger partial charge in [-0.25, -0.2) is 14.2 Å². The van der Waals surface area contributed by atoms with E-state index in [-0.39, 0.29) is 23.8 Å². The lowest BCUT2D eigenvalue weighted by molar-refractivity contribution is 0.0941. The van der Waals surface area contributed by atoms with Gasteiger partial charge < -0.3 is 20.5 Å². The van der Waals surface area contributed by atoms with E-state index in [0.717, 1.165) is 12.8 Å². The third-order valence-electron chi connectivity index (χ3n) is 4.91. The normalized spacial score (nSPS) is 14.1. The average Bonchev–Trinajstić information content (AvgIpc) is 3.44. The molecule has 0 saturated heterocycles. The molecule has 8 heteroatoms. The lowest BCUT2D eigenvalue weighted by atomic mass is 10.0.